The van der Waals surface area contributed by atoms with Gasteiger partial charge >= 0.3 is 6.03 Å². The first-order valence-corrected chi connectivity index (χ1v) is 10.8. The van der Waals surface area contributed by atoms with Crippen molar-refractivity contribution in [2.24, 2.45) is 0 Å². The first-order valence-electron chi connectivity index (χ1n) is 9.07. The van der Waals surface area contributed by atoms with Crippen LogP contribution in [0.5, 0.6) is 5.75 Å². The number of methoxy groups -OCH3 is 1. The normalized spacial score (nSPS) is 11.4. The number of nitrogens with one attached hydrogen (secondary N) is 3. The number of nitrogens with zero attached hydrogens (tertiary/aromatic N) is 2. The largest absolute Gasteiger partial charge is 0.497 e. The molecule has 1 heterocycles. The highest BCUT2D eigenvalue weighted by molar-refractivity contribution is 8.02. The van der Waals surface area contributed by atoms with Crippen LogP contribution in [0.3, 0.4) is 0 Å². The molecule has 0 aliphatic carbocycles. The molecule has 1 aromatic heterocycles. The molecule has 3 amide bonds. The summed E-state index contributed by atoms with van der Waals surface area (Å²) in [4.78, 5) is 24.2. The van der Waals surface area contributed by atoms with Crippen LogP contribution < -0.4 is 20.7 Å². The molecule has 0 fully saturated rings. The van der Waals surface area contributed by atoms with Gasteiger partial charge in [-0.05, 0) is 36.8 Å². The number of rotatable bonds is 8. The van der Waals surface area contributed by atoms with Crippen LogP contribution in [0, 0.1) is 0 Å². The molecule has 0 saturated carbocycles. The van der Waals surface area contributed by atoms with Crippen molar-refractivity contribution in [1.82, 2.24) is 20.8 Å². The molecule has 3 N–H and O–H groups in total. The summed E-state index contributed by atoms with van der Waals surface area (Å²) in [5, 5.41) is 16.4. The van der Waals surface area contributed by atoms with Crippen molar-refractivity contribution >= 4 is 45.9 Å². The van der Waals surface area contributed by atoms with E-state index in [2.05, 4.69) is 26.1 Å². The first kappa shape index (κ1) is 21.6. The summed E-state index contributed by atoms with van der Waals surface area (Å²) in [6.45, 7) is 2.06. The van der Waals surface area contributed by atoms with Crippen molar-refractivity contribution in [3.63, 3.8) is 0 Å². The Labute approximate surface area is 182 Å². The number of anilines is 2. The Balaban J connectivity index is 1.46. The number of hydrogen-bond donors (Lipinski definition) is 3. The number of thioether (sulfide) groups is 1. The van der Waals surface area contributed by atoms with Gasteiger partial charge in [-0.15, -0.1) is 10.2 Å². The van der Waals surface area contributed by atoms with Gasteiger partial charge in [0, 0.05) is 12.2 Å². The van der Waals surface area contributed by atoms with E-state index in [0.717, 1.165) is 17.0 Å². The van der Waals surface area contributed by atoms with E-state index in [1.54, 1.807) is 14.0 Å². The van der Waals surface area contributed by atoms with Gasteiger partial charge in [0.05, 0.1) is 12.4 Å². The maximum Gasteiger partial charge on any atom is 0.321 e. The van der Waals surface area contributed by atoms with Gasteiger partial charge in [-0.2, -0.15) is 0 Å². The second-order valence-corrected chi connectivity index (χ2v) is 8.71. The molecule has 2 aromatic carbocycles. The van der Waals surface area contributed by atoms with E-state index in [0.29, 0.717) is 16.0 Å². The maximum atomic E-state index is 12.3. The lowest BCUT2D eigenvalue weighted by Gasteiger charge is -2.10. The van der Waals surface area contributed by atoms with Gasteiger partial charge in [0.2, 0.25) is 11.0 Å². The molecule has 10 heteroatoms. The van der Waals surface area contributed by atoms with E-state index in [1.807, 2.05) is 54.6 Å². The van der Waals surface area contributed by atoms with Crippen LogP contribution in [0.4, 0.5) is 15.6 Å². The summed E-state index contributed by atoms with van der Waals surface area (Å²) in [5.74, 6) is 0.368. The molecule has 0 aliphatic heterocycles. The van der Waals surface area contributed by atoms with Crippen molar-refractivity contribution in [2.75, 3.05) is 12.4 Å². The fourth-order valence-corrected chi connectivity index (χ4v) is 4.26. The molecule has 0 aliphatic rings. The van der Waals surface area contributed by atoms with Crippen LogP contribution in [0.25, 0.3) is 0 Å². The van der Waals surface area contributed by atoms with E-state index >= 15 is 0 Å². The Morgan fingerprint density at radius 1 is 1.10 bits per heavy atom. The zero-order valence-corrected chi connectivity index (χ0v) is 18.0. The topological polar surface area (TPSA) is 105 Å². The Morgan fingerprint density at radius 2 is 1.83 bits per heavy atom. The van der Waals surface area contributed by atoms with Crippen molar-refractivity contribution < 1.29 is 14.3 Å². The predicted octanol–water partition coefficient (Wildman–Crippen LogP) is 3.80. The SMILES string of the molecule is COc1ccc(Nc2nnc(SC(C)C(=O)NC(=O)NCc3ccccc3)s2)cc1. The van der Waals surface area contributed by atoms with Gasteiger partial charge in [0.15, 0.2) is 4.34 Å². The smallest absolute Gasteiger partial charge is 0.321 e. The molecule has 8 nitrogen and oxygen atoms in total. The highest BCUT2D eigenvalue weighted by atomic mass is 32.2. The van der Waals surface area contributed by atoms with Crippen LogP contribution in [-0.2, 0) is 11.3 Å². The van der Waals surface area contributed by atoms with Crippen molar-refractivity contribution in [2.45, 2.75) is 23.1 Å². The monoisotopic (exact) mass is 443 g/mol. The van der Waals surface area contributed by atoms with Crippen LogP contribution in [0.1, 0.15) is 12.5 Å². The Morgan fingerprint density at radius 3 is 2.53 bits per heavy atom. The number of aromatic nitrogens is 2. The minimum Gasteiger partial charge on any atom is -0.497 e. The Kier molecular flexibility index (Phi) is 7.63. The van der Waals surface area contributed by atoms with Gasteiger partial charge < -0.3 is 15.4 Å². The van der Waals surface area contributed by atoms with Crippen LogP contribution in [-0.4, -0.2) is 34.5 Å². The number of amides is 3. The van der Waals surface area contributed by atoms with Gasteiger partial charge in [0.25, 0.3) is 0 Å². The summed E-state index contributed by atoms with van der Waals surface area (Å²) in [6.07, 6.45) is 0. The zero-order chi connectivity index (χ0) is 21.3. The van der Waals surface area contributed by atoms with Crippen LogP contribution >= 0.6 is 23.1 Å². The average molecular weight is 444 g/mol. The first-order chi connectivity index (χ1) is 14.5. The quantitative estimate of drug-likeness (QED) is 0.455. The molecule has 1 atom stereocenters. The van der Waals surface area contributed by atoms with E-state index in [1.165, 1.54) is 23.1 Å². The van der Waals surface area contributed by atoms with Crippen molar-refractivity contribution in [3.8, 4) is 5.75 Å². The summed E-state index contributed by atoms with van der Waals surface area (Å²) in [6, 6.07) is 16.4. The van der Waals surface area contributed by atoms with Crippen LogP contribution in [0.15, 0.2) is 58.9 Å². The van der Waals surface area contributed by atoms with Gasteiger partial charge in [-0.1, -0.05) is 53.4 Å². The lowest BCUT2D eigenvalue weighted by atomic mass is 10.2. The van der Waals surface area contributed by atoms with Gasteiger partial charge in [-0.3, -0.25) is 10.1 Å². The summed E-state index contributed by atoms with van der Waals surface area (Å²) >= 11 is 2.57. The van der Waals surface area contributed by atoms with E-state index in [9.17, 15) is 9.59 Å². The van der Waals surface area contributed by atoms with E-state index < -0.39 is 17.2 Å². The molecule has 0 radical (unpaired) electrons. The Bertz CT molecular complexity index is 980. The molecule has 1 unspecified atom stereocenters. The number of benzene rings is 2. The number of ether oxygens (including phenoxy) is 1. The maximum absolute atomic E-state index is 12.3. The zero-order valence-electron chi connectivity index (χ0n) is 16.4. The third-order valence-electron chi connectivity index (χ3n) is 3.93. The van der Waals surface area contributed by atoms with E-state index in [-0.39, 0.29) is 0 Å². The minimum atomic E-state index is -0.532. The molecule has 3 aromatic rings. The predicted molar refractivity (Wildman–Crippen MR) is 118 cm³/mol. The molecular formula is C20H21N5O3S2. The summed E-state index contributed by atoms with van der Waals surface area (Å²) in [7, 11) is 1.61. The number of imide groups is 1. The number of carbonyl (C=O) groups excluding carboxylic acids is 2. The lowest BCUT2D eigenvalue weighted by molar-refractivity contribution is -0.119. The highest BCUT2D eigenvalue weighted by Crippen LogP contribution is 2.30. The molecule has 30 heavy (non-hydrogen) atoms. The summed E-state index contributed by atoms with van der Waals surface area (Å²) < 4.78 is 5.76. The fraction of sp³-hybridized carbons (Fsp3) is 0.200. The molecule has 0 bridgehead atoms. The molecule has 3 rings (SSSR count). The highest BCUT2D eigenvalue weighted by Gasteiger charge is 2.19. The Hall–Kier alpha value is -3.11. The van der Waals surface area contributed by atoms with Gasteiger partial charge in [0.1, 0.15) is 5.75 Å². The molecular weight excluding hydrogens is 422 g/mol. The average Bonchev–Trinajstić information content (AvgIpc) is 3.20. The standard InChI is InChI=1S/C20H21N5O3S2/c1-13(17(26)23-18(27)21-12-14-6-4-3-5-7-14)29-20-25-24-19(30-20)22-15-8-10-16(28-2)11-9-15/h3-11,13H,12H2,1-2H3,(H,22,24)(H2,21,23,26,27). The molecule has 156 valence electrons. The second kappa shape index (κ2) is 10.6. The second-order valence-electron chi connectivity index (χ2n) is 6.14. The fourth-order valence-electron chi connectivity index (χ4n) is 2.35. The van der Waals surface area contributed by atoms with Crippen LogP contribution in [0.2, 0.25) is 0 Å². The van der Waals surface area contributed by atoms with E-state index in [4.69, 9.17) is 4.74 Å². The lowest BCUT2D eigenvalue weighted by Crippen LogP contribution is -2.42. The number of urea groups is 1. The molecule has 0 spiro atoms. The van der Waals surface area contributed by atoms with Crippen molar-refractivity contribution in [1.29, 1.82) is 0 Å². The number of hydrogen-bond acceptors (Lipinski definition) is 8. The minimum absolute atomic E-state index is 0.346. The third-order valence-corrected chi connectivity index (χ3v) is 5.95. The third kappa shape index (κ3) is 6.46. The summed E-state index contributed by atoms with van der Waals surface area (Å²) in [5.41, 5.74) is 1.80. The molecule has 0 saturated heterocycles. The number of carbonyl (C=O) groups is 2. The van der Waals surface area contributed by atoms with Gasteiger partial charge in [-0.25, -0.2) is 4.79 Å². The van der Waals surface area contributed by atoms with Crippen molar-refractivity contribution in [3.05, 3.63) is 60.2 Å².